The van der Waals surface area contributed by atoms with Crippen LogP contribution in [0.15, 0.2) is 18.5 Å². The molecule has 1 aromatic carbocycles. The second-order valence-electron chi connectivity index (χ2n) is 6.97. The molecule has 0 atom stereocenters. The fourth-order valence-electron chi connectivity index (χ4n) is 3.69. The van der Waals surface area contributed by atoms with Gasteiger partial charge < -0.3 is 19.4 Å². The molecule has 1 fully saturated rings. The molecule has 0 spiro atoms. The van der Waals surface area contributed by atoms with Crippen LogP contribution in [0.3, 0.4) is 0 Å². The zero-order chi connectivity index (χ0) is 17.1. The van der Waals surface area contributed by atoms with Crippen LogP contribution in [0.5, 0.6) is 11.5 Å². The highest BCUT2D eigenvalue weighted by Crippen LogP contribution is 2.33. The Labute approximate surface area is 147 Å². The quantitative estimate of drug-likeness (QED) is 0.870. The first-order valence-corrected chi connectivity index (χ1v) is 9.33. The molecule has 0 bridgehead atoms. The Bertz CT molecular complexity index is 748. The molecule has 0 radical (unpaired) electrons. The van der Waals surface area contributed by atoms with Gasteiger partial charge in [0.15, 0.2) is 11.5 Å². The molecule has 4 rings (SSSR count). The predicted molar refractivity (Wildman–Crippen MR) is 95.0 cm³/mol. The van der Waals surface area contributed by atoms with E-state index in [1.54, 1.807) is 6.33 Å². The van der Waals surface area contributed by atoms with Gasteiger partial charge in [-0.1, -0.05) is 25.7 Å². The second kappa shape index (κ2) is 7.33. The third-order valence-electron chi connectivity index (χ3n) is 5.02. The minimum atomic E-state index is 0.0540. The molecular formula is C19H25N3O3. The van der Waals surface area contributed by atoms with Crippen molar-refractivity contribution in [3.05, 3.63) is 18.5 Å². The molecular weight excluding hydrogens is 318 g/mol. The summed E-state index contributed by atoms with van der Waals surface area (Å²) in [4.78, 5) is 16.9. The van der Waals surface area contributed by atoms with Crippen molar-refractivity contribution >= 4 is 16.9 Å². The Morgan fingerprint density at radius 3 is 2.56 bits per heavy atom. The highest BCUT2D eigenvalue weighted by molar-refractivity contribution is 5.83. The Balaban J connectivity index is 1.49. The van der Waals surface area contributed by atoms with Gasteiger partial charge in [-0.2, -0.15) is 0 Å². The van der Waals surface area contributed by atoms with Crippen molar-refractivity contribution in [2.24, 2.45) is 0 Å². The van der Waals surface area contributed by atoms with E-state index in [0.717, 1.165) is 41.8 Å². The molecule has 1 aliphatic heterocycles. The van der Waals surface area contributed by atoms with Gasteiger partial charge in [-0.3, -0.25) is 4.79 Å². The van der Waals surface area contributed by atoms with Crippen molar-refractivity contribution in [1.29, 1.82) is 0 Å². The number of fused-ring (bicyclic) bond motifs is 2. The van der Waals surface area contributed by atoms with E-state index in [2.05, 4.69) is 10.3 Å². The summed E-state index contributed by atoms with van der Waals surface area (Å²) in [5, 5.41) is 3.19. The van der Waals surface area contributed by atoms with E-state index in [1.807, 2.05) is 16.7 Å². The molecule has 1 aromatic heterocycles. The van der Waals surface area contributed by atoms with Gasteiger partial charge in [0.2, 0.25) is 5.91 Å². The van der Waals surface area contributed by atoms with E-state index >= 15 is 0 Å². The first-order chi connectivity index (χ1) is 12.3. The largest absolute Gasteiger partial charge is 0.489 e. The third-order valence-corrected chi connectivity index (χ3v) is 5.02. The molecule has 2 aliphatic rings. The van der Waals surface area contributed by atoms with Gasteiger partial charge in [0.1, 0.15) is 6.54 Å². The van der Waals surface area contributed by atoms with Gasteiger partial charge in [0.25, 0.3) is 0 Å². The normalized spacial score (nSPS) is 18.6. The van der Waals surface area contributed by atoms with Crippen LogP contribution in [-0.4, -0.2) is 34.7 Å². The average Bonchev–Trinajstić information content (AvgIpc) is 2.81. The van der Waals surface area contributed by atoms with Gasteiger partial charge in [0.05, 0.1) is 30.6 Å². The third kappa shape index (κ3) is 3.72. The van der Waals surface area contributed by atoms with Gasteiger partial charge in [-0.15, -0.1) is 0 Å². The van der Waals surface area contributed by atoms with Crippen molar-refractivity contribution in [2.75, 3.05) is 13.2 Å². The van der Waals surface area contributed by atoms with E-state index in [1.165, 1.54) is 25.7 Å². The van der Waals surface area contributed by atoms with Crippen molar-refractivity contribution in [1.82, 2.24) is 14.9 Å². The summed E-state index contributed by atoms with van der Waals surface area (Å²) < 4.78 is 13.3. The van der Waals surface area contributed by atoms with Crippen LogP contribution in [0.1, 0.15) is 44.9 Å². The summed E-state index contributed by atoms with van der Waals surface area (Å²) in [6.45, 7) is 1.59. The first kappa shape index (κ1) is 16.2. The van der Waals surface area contributed by atoms with E-state index < -0.39 is 0 Å². The van der Waals surface area contributed by atoms with Crippen molar-refractivity contribution in [3.8, 4) is 11.5 Å². The van der Waals surface area contributed by atoms with Crippen LogP contribution in [0.4, 0.5) is 0 Å². The molecule has 6 nitrogen and oxygen atoms in total. The SMILES string of the molecule is O=C(Cn1cnc2cc3c(cc21)OCCCO3)NC1CCCCCC1. The lowest BCUT2D eigenvalue weighted by molar-refractivity contribution is -0.122. The second-order valence-corrected chi connectivity index (χ2v) is 6.97. The smallest absolute Gasteiger partial charge is 0.240 e. The van der Waals surface area contributed by atoms with Crippen LogP contribution < -0.4 is 14.8 Å². The Kier molecular flexibility index (Phi) is 4.76. The van der Waals surface area contributed by atoms with Gasteiger partial charge in [-0.05, 0) is 12.8 Å². The number of ether oxygens (including phenoxy) is 2. The molecule has 0 unspecified atom stereocenters. The monoisotopic (exact) mass is 343 g/mol. The van der Waals surface area contributed by atoms with E-state index in [0.29, 0.717) is 19.3 Å². The highest BCUT2D eigenvalue weighted by Gasteiger charge is 2.17. The molecule has 1 saturated carbocycles. The number of hydrogen-bond acceptors (Lipinski definition) is 4. The summed E-state index contributed by atoms with van der Waals surface area (Å²) in [7, 11) is 0. The maximum absolute atomic E-state index is 12.5. The van der Waals surface area contributed by atoms with Crippen LogP contribution in [0.2, 0.25) is 0 Å². The number of hydrogen-bond donors (Lipinski definition) is 1. The zero-order valence-corrected chi connectivity index (χ0v) is 14.5. The number of rotatable bonds is 3. The average molecular weight is 343 g/mol. The molecule has 1 N–H and O–H groups in total. The lowest BCUT2D eigenvalue weighted by atomic mass is 10.1. The first-order valence-electron chi connectivity index (χ1n) is 9.33. The summed E-state index contributed by atoms with van der Waals surface area (Å²) in [5.41, 5.74) is 1.73. The predicted octanol–water partition coefficient (Wildman–Crippen LogP) is 3.04. The Hall–Kier alpha value is -2.24. The highest BCUT2D eigenvalue weighted by atomic mass is 16.5. The van der Waals surface area contributed by atoms with Crippen LogP contribution in [0, 0.1) is 0 Å². The van der Waals surface area contributed by atoms with E-state index in [-0.39, 0.29) is 12.5 Å². The zero-order valence-electron chi connectivity index (χ0n) is 14.5. The maximum atomic E-state index is 12.5. The lowest BCUT2D eigenvalue weighted by Gasteiger charge is -2.16. The van der Waals surface area contributed by atoms with Gasteiger partial charge in [-0.25, -0.2) is 4.98 Å². The molecule has 1 aliphatic carbocycles. The molecule has 134 valence electrons. The van der Waals surface area contributed by atoms with Crippen molar-refractivity contribution < 1.29 is 14.3 Å². The minimum absolute atomic E-state index is 0.0540. The Morgan fingerprint density at radius 1 is 1.08 bits per heavy atom. The van der Waals surface area contributed by atoms with Gasteiger partial charge in [0, 0.05) is 24.6 Å². The van der Waals surface area contributed by atoms with Crippen LogP contribution in [0.25, 0.3) is 11.0 Å². The fourth-order valence-corrected chi connectivity index (χ4v) is 3.69. The Morgan fingerprint density at radius 2 is 1.80 bits per heavy atom. The number of aromatic nitrogens is 2. The number of amides is 1. The van der Waals surface area contributed by atoms with Crippen molar-refractivity contribution in [3.63, 3.8) is 0 Å². The molecule has 1 amide bonds. The van der Waals surface area contributed by atoms with E-state index in [4.69, 9.17) is 9.47 Å². The minimum Gasteiger partial charge on any atom is -0.489 e. The fraction of sp³-hybridized carbons (Fsp3) is 0.579. The number of carbonyl (C=O) groups excluding carboxylic acids is 1. The van der Waals surface area contributed by atoms with Gasteiger partial charge >= 0.3 is 0 Å². The topological polar surface area (TPSA) is 65.4 Å². The molecule has 2 heterocycles. The number of nitrogens with zero attached hydrogens (tertiary/aromatic N) is 2. The van der Waals surface area contributed by atoms with Crippen LogP contribution >= 0.6 is 0 Å². The van der Waals surface area contributed by atoms with Crippen LogP contribution in [-0.2, 0) is 11.3 Å². The standard InChI is InChI=1S/C19H25N3O3/c23-19(21-14-6-3-1-2-4-7-14)12-22-13-20-15-10-17-18(11-16(15)22)25-9-5-8-24-17/h10-11,13-14H,1-9,12H2,(H,21,23). The number of carbonyl (C=O) groups is 1. The lowest BCUT2D eigenvalue weighted by Crippen LogP contribution is -2.36. The van der Waals surface area contributed by atoms with Crippen molar-refractivity contribution in [2.45, 2.75) is 57.5 Å². The summed E-state index contributed by atoms with van der Waals surface area (Å²) >= 11 is 0. The summed E-state index contributed by atoms with van der Waals surface area (Å²) in [6.07, 6.45) is 9.76. The molecule has 6 heteroatoms. The van der Waals surface area contributed by atoms with E-state index in [9.17, 15) is 4.79 Å². The number of benzene rings is 1. The number of imidazole rings is 1. The number of nitrogens with one attached hydrogen (secondary N) is 1. The summed E-state index contributed by atoms with van der Waals surface area (Å²) in [5.74, 6) is 1.52. The summed E-state index contributed by atoms with van der Waals surface area (Å²) in [6, 6.07) is 4.15. The molecule has 25 heavy (non-hydrogen) atoms. The molecule has 0 saturated heterocycles. The maximum Gasteiger partial charge on any atom is 0.240 e. The molecule has 2 aromatic rings.